The fraction of sp³-hybridized carbons (Fsp3) is 0.300. The van der Waals surface area contributed by atoms with E-state index < -0.39 is 0 Å². The van der Waals surface area contributed by atoms with Gasteiger partial charge in [0.25, 0.3) is 0 Å². The largest absolute Gasteiger partial charge is 0.294 e. The number of ketones is 1. The molecule has 0 saturated carbocycles. The molecule has 64 valence electrons. The van der Waals surface area contributed by atoms with E-state index in [9.17, 15) is 4.79 Å². The van der Waals surface area contributed by atoms with Crippen LogP contribution < -0.4 is 0 Å². The van der Waals surface area contributed by atoms with Crippen LogP contribution >= 0.6 is 15.9 Å². The Balaban J connectivity index is 3.36. The number of rotatable bonds is 1. The van der Waals surface area contributed by atoms with E-state index in [1.54, 1.807) is 6.92 Å². The van der Waals surface area contributed by atoms with Gasteiger partial charge >= 0.3 is 0 Å². The molecule has 0 atom stereocenters. The predicted octanol–water partition coefficient (Wildman–Crippen LogP) is 3.27. The van der Waals surface area contributed by atoms with Crippen molar-refractivity contribution >= 4 is 21.7 Å². The zero-order chi connectivity index (χ0) is 9.30. The lowest BCUT2D eigenvalue weighted by molar-refractivity contribution is 0.101. The molecule has 0 aliphatic rings. The van der Waals surface area contributed by atoms with E-state index in [0.717, 1.165) is 15.6 Å². The van der Waals surface area contributed by atoms with E-state index in [2.05, 4.69) is 15.9 Å². The molecule has 0 saturated heterocycles. The molecule has 0 unspecified atom stereocenters. The van der Waals surface area contributed by atoms with Crippen molar-refractivity contribution in [3.63, 3.8) is 0 Å². The summed E-state index contributed by atoms with van der Waals surface area (Å²) in [5.41, 5.74) is 3.10. The summed E-state index contributed by atoms with van der Waals surface area (Å²) in [5.74, 6) is 0.102. The molecule has 1 nitrogen and oxygen atoms in total. The van der Waals surface area contributed by atoms with Crippen molar-refractivity contribution in [2.24, 2.45) is 0 Å². The molecule has 1 aromatic carbocycles. The lowest BCUT2D eigenvalue weighted by atomic mass is 10.0. The average Bonchev–Trinajstić information content (AvgIpc) is 2.00. The van der Waals surface area contributed by atoms with Crippen LogP contribution in [0.5, 0.6) is 0 Å². The van der Waals surface area contributed by atoms with Crippen molar-refractivity contribution in [3.8, 4) is 0 Å². The van der Waals surface area contributed by atoms with E-state index in [0.29, 0.717) is 0 Å². The van der Waals surface area contributed by atoms with E-state index in [1.165, 1.54) is 5.56 Å². The topological polar surface area (TPSA) is 17.1 Å². The molecular formula is C10H11BrO. The Morgan fingerprint density at radius 1 is 1.33 bits per heavy atom. The molecular weight excluding hydrogens is 216 g/mol. The van der Waals surface area contributed by atoms with Gasteiger partial charge in [-0.3, -0.25) is 4.79 Å². The quantitative estimate of drug-likeness (QED) is 0.673. The first-order chi connectivity index (χ1) is 5.54. The Bertz CT molecular complexity index is 329. The van der Waals surface area contributed by atoms with Crippen LogP contribution in [-0.4, -0.2) is 5.78 Å². The second-order valence-corrected chi connectivity index (χ2v) is 3.72. The molecule has 0 amide bonds. The van der Waals surface area contributed by atoms with Crippen LogP contribution in [0, 0.1) is 13.8 Å². The summed E-state index contributed by atoms with van der Waals surface area (Å²) in [7, 11) is 0. The molecule has 2 heteroatoms. The summed E-state index contributed by atoms with van der Waals surface area (Å²) in [6.07, 6.45) is 0. The Morgan fingerprint density at radius 3 is 2.42 bits per heavy atom. The van der Waals surface area contributed by atoms with Crippen molar-refractivity contribution < 1.29 is 4.79 Å². The van der Waals surface area contributed by atoms with Gasteiger partial charge < -0.3 is 0 Å². The molecule has 0 aliphatic heterocycles. The van der Waals surface area contributed by atoms with Gasteiger partial charge in [0, 0.05) is 10.0 Å². The van der Waals surface area contributed by atoms with Crippen molar-refractivity contribution in [2.75, 3.05) is 0 Å². The molecule has 1 rings (SSSR count). The Hall–Kier alpha value is -0.630. The molecule has 0 spiro atoms. The molecule has 0 aliphatic carbocycles. The Kier molecular flexibility index (Phi) is 2.68. The van der Waals surface area contributed by atoms with Gasteiger partial charge in [0.1, 0.15) is 0 Å². The van der Waals surface area contributed by atoms with Gasteiger partial charge in [0.2, 0.25) is 0 Å². The van der Waals surface area contributed by atoms with Gasteiger partial charge in [-0.05, 0) is 47.8 Å². The number of hydrogen-bond donors (Lipinski definition) is 0. The van der Waals surface area contributed by atoms with E-state index in [4.69, 9.17) is 0 Å². The number of hydrogen-bond acceptors (Lipinski definition) is 1. The van der Waals surface area contributed by atoms with E-state index in [-0.39, 0.29) is 5.78 Å². The number of Topliss-reactive ketones (excluding diaryl/α,β-unsaturated/α-hetero) is 1. The summed E-state index contributed by atoms with van der Waals surface area (Å²) in [6.45, 7) is 5.62. The van der Waals surface area contributed by atoms with Crippen LogP contribution in [0.2, 0.25) is 0 Å². The summed E-state index contributed by atoms with van der Waals surface area (Å²) in [6, 6.07) is 3.82. The van der Waals surface area contributed by atoms with Crippen LogP contribution in [-0.2, 0) is 0 Å². The second kappa shape index (κ2) is 3.40. The standard InChI is InChI=1S/C10H11BrO/c1-6-4-5-9(8(3)12)10(11)7(6)2/h4-5H,1-3H3. The van der Waals surface area contributed by atoms with Crippen LogP contribution in [0.4, 0.5) is 0 Å². The smallest absolute Gasteiger partial charge is 0.160 e. The number of halogens is 1. The third kappa shape index (κ3) is 1.58. The summed E-state index contributed by atoms with van der Waals surface area (Å²) < 4.78 is 0.926. The lowest BCUT2D eigenvalue weighted by Crippen LogP contribution is -1.96. The first kappa shape index (κ1) is 9.46. The number of aryl methyl sites for hydroxylation is 1. The van der Waals surface area contributed by atoms with Crippen molar-refractivity contribution in [3.05, 3.63) is 33.3 Å². The zero-order valence-electron chi connectivity index (χ0n) is 7.44. The third-order valence-electron chi connectivity index (χ3n) is 2.04. The van der Waals surface area contributed by atoms with Crippen LogP contribution in [0.25, 0.3) is 0 Å². The van der Waals surface area contributed by atoms with Gasteiger partial charge in [-0.15, -0.1) is 0 Å². The Morgan fingerprint density at radius 2 is 1.92 bits per heavy atom. The van der Waals surface area contributed by atoms with Crippen LogP contribution in [0.1, 0.15) is 28.4 Å². The van der Waals surface area contributed by atoms with Gasteiger partial charge in [-0.1, -0.05) is 12.1 Å². The predicted molar refractivity (Wildman–Crippen MR) is 53.6 cm³/mol. The molecule has 0 heterocycles. The van der Waals surface area contributed by atoms with Gasteiger partial charge in [-0.2, -0.15) is 0 Å². The lowest BCUT2D eigenvalue weighted by Gasteiger charge is -2.06. The highest BCUT2D eigenvalue weighted by molar-refractivity contribution is 9.10. The van der Waals surface area contributed by atoms with Crippen molar-refractivity contribution in [2.45, 2.75) is 20.8 Å². The molecule has 1 aromatic rings. The first-order valence-corrected chi connectivity index (χ1v) is 4.60. The normalized spacial score (nSPS) is 10.0. The van der Waals surface area contributed by atoms with Crippen molar-refractivity contribution in [1.82, 2.24) is 0 Å². The highest BCUT2D eigenvalue weighted by Gasteiger charge is 2.07. The number of carbonyl (C=O) groups is 1. The zero-order valence-corrected chi connectivity index (χ0v) is 9.03. The number of benzene rings is 1. The van der Waals surface area contributed by atoms with E-state index in [1.807, 2.05) is 26.0 Å². The average molecular weight is 227 g/mol. The first-order valence-electron chi connectivity index (χ1n) is 3.80. The highest BCUT2D eigenvalue weighted by atomic mass is 79.9. The molecule has 0 bridgehead atoms. The minimum atomic E-state index is 0.102. The maximum atomic E-state index is 11.1. The van der Waals surface area contributed by atoms with Crippen LogP contribution in [0.15, 0.2) is 16.6 Å². The van der Waals surface area contributed by atoms with Gasteiger partial charge in [0.05, 0.1) is 0 Å². The summed E-state index contributed by atoms with van der Waals surface area (Å²) >= 11 is 3.41. The van der Waals surface area contributed by atoms with Gasteiger partial charge in [0.15, 0.2) is 5.78 Å². The second-order valence-electron chi connectivity index (χ2n) is 2.93. The third-order valence-corrected chi connectivity index (χ3v) is 3.06. The van der Waals surface area contributed by atoms with Gasteiger partial charge in [-0.25, -0.2) is 0 Å². The number of carbonyl (C=O) groups excluding carboxylic acids is 1. The minimum absolute atomic E-state index is 0.102. The highest BCUT2D eigenvalue weighted by Crippen LogP contribution is 2.24. The summed E-state index contributed by atoms with van der Waals surface area (Å²) in [4.78, 5) is 11.1. The molecule has 0 N–H and O–H groups in total. The molecule has 0 aromatic heterocycles. The molecule has 0 radical (unpaired) electrons. The van der Waals surface area contributed by atoms with Crippen LogP contribution in [0.3, 0.4) is 0 Å². The van der Waals surface area contributed by atoms with Crippen molar-refractivity contribution in [1.29, 1.82) is 0 Å². The fourth-order valence-corrected chi connectivity index (χ4v) is 1.78. The maximum Gasteiger partial charge on any atom is 0.160 e. The monoisotopic (exact) mass is 226 g/mol. The van der Waals surface area contributed by atoms with E-state index >= 15 is 0 Å². The molecule has 12 heavy (non-hydrogen) atoms. The molecule has 0 fully saturated rings. The SMILES string of the molecule is CC(=O)c1ccc(C)c(C)c1Br. The maximum absolute atomic E-state index is 11.1. The summed E-state index contributed by atoms with van der Waals surface area (Å²) in [5, 5.41) is 0. The minimum Gasteiger partial charge on any atom is -0.294 e. The Labute approximate surface area is 80.9 Å². The fourth-order valence-electron chi connectivity index (χ4n) is 1.05.